The molecular weight excluding hydrogens is 398 g/mol. The van der Waals surface area contributed by atoms with Gasteiger partial charge in [0.1, 0.15) is 17.0 Å². The number of ether oxygens (including phenoxy) is 1. The van der Waals surface area contributed by atoms with Crippen molar-refractivity contribution in [1.29, 1.82) is 0 Å². The van der Waals surface area contributed by atoms with Crippen molar-refractivity contribution in [2.45, 2.75) is 20.4 Å². The molecule has 4 rings (SSSR count). The number of benzene rings is 2. The molecule has 2 aromatic heterocycles. The van der Waals surface area contributed by atoms with Crippen LogP contribution in [0.5, 0.6) is 5.75 Å². The van der Waals surface area contributed by atoms with E-state index in [1.165, 1.54) is 27.8 Å². The average Bonchev–Trinajstić information content (AvgIpc) is 3.17. The molecule has 0 aliphatic heterocycles. The highest BCUT2D eigenvalue weighted by molar-refractivity contribution is 7.17. The Bertz CT molecular complexity index is 1260. The van der Waals surface area contributed by atoms with Crippen molar-refractivity contribution < 1.29 is 9.53 Å². The molecule has 0 aliphatic rings. The van der Waals surface area contributed by atoms with Crippen LogP contribution in [0, 0.1) is 6.92 Å². The SMILES string of the molecule is CCOc1ccccc1NC(=O)Cn1cnc2c(-c3ccc(C)cc3)csc2c1=O. The summed E-state index contributed by atoms with van der Waals surface area (Å²) in [4.78, 5) is 29.9. The molecule has 1 N–H and O–H groups in total. The van der Waals surface area contributed by atoms with Crippen molar-refractivity contribution in [3.63, 3.8) is 0 Å². The minimum Gasteiger partial charge on any atom is -0.492 e. The topological polar surface area (TPSA) is 73.2 Å². The number of nitrogens with zero attached hydrogens (tertiary/aromatic N) is 2. The fraction of sp³-hybridized carbons (Fsp3) is 0.174. The molecule has 0 saturated heterocycles. The van der Waals surface area contributed by atoms with Crippen molar-refractivity contribution in [2.24, 2.45) is 0 Å². The fourth-order valence-electron chi connectivity index (χ4n) is 3.19. The van der Waals surface area contributed by atoms with Crippen molar-refractivity contribution in [1.82, 2.24) is 9.55 Å². The minimum atomic E-state index is -0.319. The number of hydrogen-bond acceptors (Lipinski definition) is 5. The second-order valence-electron chi connectivity index (χ2n) is 6.85. The largest absolute Gasteiger partial charge is 0.492 e. The number of aromatic nitrogens is 2. The second kappa shape index (κ2) is 8.51. The van der Waals surface area contributed by atoms with E-state index in [2.05, 4.69) is 10.3 Å². The van der Waals surface area contributed by atoms with Gasteiger partial charge in [-0.1, -0.05) is 42.0 Å². The molecule has 0 unspecified atom stereocenters. The summed E-state index contributed by atoms with van der Waals surface area (Å²) in [6.45, 7) is 4.28. The van der Waals surface area contributed by atoms with Crippen LogP contribution < -0.4 is 15.6 Å². The van der Waals surface area contributed by atoms with Crippen LogP contribution in [0.3, 0.4) is 0 Å². The van der Waals surface area contributed by atoms with Crippen molar-refractivity contribution in [2.75, 3.05) is 11.9 Å². The minimum absolute atomic E-state index is 0.125. The molecule has 0 saturated carbocycles. The predicted molar refractivity (Wildman–Crippen MR) is 120 cm³/mol. The van der Waals surface area contributed by atoms with Crippen molar-refractivity contribution >= 4 is 33.1 Å². The Hall–Kier alpha value is -3.45. The Morgan fingerprint density at radius 3 is 2.70 bits per heavy atom. The molecule has 2 heterocycles. The molecule has 152 valence electrons. The summed E-state index contributed by atoms with van der Waals surface area (Å²) in [6, 6.07) is 15.3. The highest BCUT2D eigenvalue weighted by Crippen LogP contribution is 2.30. The Morgan fingerprint density at radius 1 is 1.17 bits per heavy atom. The Labute approximate surface area is 177 Å². The van der Waals surface area contributed by atoms with Crippen LogP contribution in [-0.4, -0.2) is 22.1 Å². The zero-order valence-corrected chi connectivity index (χ0v) is 17.5. The number of para-hydroxylation sites is 2. The van der Waals surface area contributed by atoms with Crippen LogP contribution in [0.1, 0.15) is 12.5 Å². The number of aryl methyl sites for hydroxylation is 1. The van der Waals surface area contributed by atoms with Crippen molar-refractivity contribution in [3.8, 4) is 16.9 Å². The summed E-state index contributed by atoms with van der Waals surface area (Å²) >= 11 is 1.35. The normalized spacial score (nSPS) is 10.9. The van der Waals surface area contributed by atoms with E-state index >= 15 is 0 Å². The molecule has 6 nitrogen and oxygen atoms in total. The number of rotatable bonds is 6. The van der Waals surface area contributed by atoms with E-state index in [0.29, 0.717) is 28.3 Å². The van der Waals surface area contributed by atoms with Crippen LogP contribution >= 0.6 is 11.3 Å². The molecule has 0 fully saturated rings. The van der Waals surface area contributed by atoms with Gasteiger partial charge in [-0.25, -0.2) is 4.98 Å². The standard InChI is InChI=1S/C23H21N3O3S/c1-3-29-19-7-5-4-6-18(19)25-20(27)12-26-14-24-21-17(13-30-22(21)23(26)28)16-10-8-15(2)9-11-16/h4-11,13-14H,3,12H2,1-2H3,(H,25,27). The molecule has 0 aliphatic carbocycles. The van der Waals surface area contributed by atoms with Gasteiger partial charge in [0, 0.05) is 10.9 Å². The van der Waals surface area contributed by atoms with E-state index in [9.17, 15) is 9.59 Å². The van der Waals surface area contributed by atoms with Crippen LogP contribution in [0.15, 0.2) is 65.0 Å². The number of thiophene rings is 1. The molecule has 0 radical (unpaired) electrons. The first-order chi connectivity index (χ1) is 14.6. The van der Waals surface area contributed by atoms with E-state index in [-0.39, 0.29) is 18.0 Å². The molecule has 7 heteroatoms. The van der Waals surface area contributed by atoms with Gasteiger partial charge in [0.2, 0.25) is 5.91 Å². The van der Waals surface area contributed by atoms with Crippen LogP contribution in [0.4, 0.5) is 5.69 Å². The molecule has 4 aromatic rings. The molecule has 0 atom stereocenters. The molecule has 2 aromatic carbocycles. The van der Waals surface area contributed by atoms with E-state index < -0.39 is 0 Å². The molecule has 30 heavy (non-hydrogen) atoms. The van der Waals surface area contributed by atoms with Crippen molar-refractivity contribution in [3.05, 3.63) is 76.2 Å². The monoisotopic (exact) mass is 419 g/mol. The average molecular weight is 420 g/mol. The summed E-state index contributed by atoms with van der Waals surface area (Å²) in [6.07, 6.45) is 1.43. The molecule has 1 amide bonds. The summed E-state index contributed by atoms with van der Waals surface area (Å²) in [7, 11) is 0. The summed E-state index contributed by atoms with van der Waals surface area (Å²) in [5.41, 5.74) is 4.12. The first-order valence-corrected chi connectivity index (χ1v) is 10.5. The van der Waals surface area contributed by atoms with Gasteiger partial charge in [-0.2, -0.15) is 0 Å². The zero-order chi connectivity index (χ0) is 21.1. The van der Waals surface area contributed by atoms with Gasteiger partial charge < -0.3 is 10.1 Å². The summed E-state index contributed by atoms with van der Waals surface area (Å²) in [5.74, 6) is 0.274. The first kappa shape index (κ1) is 19.8. The van der Waals surface area contributed by atoms with E-state index in [4.69, 9.17) is 4.74 Å². The number of nitrogens with one attached hydrogen (secondary N) is 1. The Morgan fingerprint density at radius 2 is 1.93 bits per heavy atom. The first-order valence-electron chi connectivity index (χ1n) is 9.62. The summed E-state index contributed by atoms with van der Waals surface area (Å²) in [5, 5.41) is 4.74. The number of hydrogen-bond donors (Lipinski definition) is 1. The maximum Gasteiger partial charge on any atom is 0.271 e. The van der Waals surface area contributed by atoms with Gasteiger partial charge in [0.15, 0.2) is 0 Å². The van der Waals surface area contributed by atoms with Crippen LogP contribution in [-0.2, 0) is 11.3 Å². The molecular formula is C23H21N3O3S. The number of amides is 1. The quantitative estimate of drug-likeness (QED) is 0.500. The number of carbonyl (C=O) groups excluding carboxylic acids is 1. The molecule has 0 spiro atoms. The number of anilines is 1. The van der Waals surface area contributed by atoms with Crippen LogP contribution in [0.2, 0.25) is 0 Å². The van der Waals surface area contributed by atoms with Gasteiger partial charge in [-0.3, -0.25) is 14.2 Å². The van der Waals surface area contributed by atoms with E-state index in [0.717, 1.165) is 11.1 Å². The lowest BCUT2D eigenvalue weighted by Gasteiger charge is -2.11. The molecule has 0 bridgehead atoms. The van der Waals surface area contributed by atoms with E-state index in [1.54, 1.807) is 12.1 Å². The lowest BCUT2D eigenvalue weighted by molar-refractivity contribution is -0.116. The second-order valence-corrected chi connectivity index (χ2v) is 7.73. The number of carbonyl (C=O) groups is 1. The van der Waals surface area contributed by atoms with E-state index in [1.807, 2.05) is 55.6 Å². The smallest absolute Gasteiger partial charge is 0.271 e. The predicted octanol–water partition coefficient (Wildman–Crippen LogP) is 4.47. The fourth-order valence-corrected chi connectivity index (χ4v) is 4.16. The van der Waals surface area contributed by atoms with Gasteiger partial charge in [0.05, 0.1) is 24.1 Å². The zero-order valence-electron chi connectivity index (χ0n) is 16.7. The highest BCUT2D eigenvalue weighted by atomic mass is 32.1. The van der Waals surface area contributed by atoms with Gasteiger partial charge in [-0.15, -0.1) is 11.3 Å². The third-order valence-corrected chi connectivity index (χ3v) is 5.64. The third-order valence-electron chi connectivity index (χ3n) is 4.68. The van der Waals surface area contributed by atoms with Gasteiger partial charge in [-0.05, 0) is 31.5 Å². The van der Waals surface area contributed by atoms with Crippen LogP contribution in [0.25, 0.3) is 21.3 Å². The maximum atomic E-state index is 12.9. The lowest BCUT2D eigenvalue weighted by Crippen LogP contribution is -2.27. The van der Waals surface area contributed by atoms with Gasteiger partial charge in [0.25, 0.3) is 5.56 Å². The highest BCUT2D eigenvalue weighted by Gasteiger charge is 2.15. The lowest BCUT2D eigenvalue weighted by atomic mass is 10.1. The third kappa shape index (κ3) is 3.97. The van der Waals surface area contributed by atoms with Gasteiger partial charge >= 0.3 is 0 Å². The Balaban J connectivity index is 1.58. The Kier molecular flexibility index (Phi) is 5.63. The number of fused-ring (bicyclic) bond motifs is 1. The summed E-state index contributed by atoms with van der Waals surface area (Å²) < 4.78 is 7.40. The maximum absolute atomic E-state index is 12.9.